The highest BCUT2D eigenvalue weighted by Crippen LogP contribution is 2.20. The van der Waals surface area contributed by atoms with Gasteiger partial charge in [0.2, 0.25) is 0 Å². The molecule has 0 aliphatic carbocycles. The van der Waals surface area contributed by atoms with E-state index in [-0.39, 0.29) is 19.0 Å². The minimum Gasteiger partial charge on any atom is -0.488 e. The second kappa shape index (κ2) is 6.04. The Bertz CT molecular complexity index is 561. The molecule has 2 N–H and O–H groups in total. The number of halogens is 2. The second-order valence-electron chi connectivity index (χ2n) is 3.81. The van der Waals surface area contributed by atoms with E-state index in [4.69, 9.17) is 15.2 Å². The molecule has 0 bridgehead atoms. The van der Waals surface area contributed by atoms with Crippen LogP contribution in [0.1, 0.15) is 0 Å². The van der Waals surface area contributed by atoms with E-state index in [1.54, 1.807) is 24.3 Å². The molecule has 0 aliphatic rings. The smallest absolute Gasteiger partial charge is 0.167 e. The lowest BCUT2D eigenvalue weighted by Crippen LogP contribution is -2.10. The Morgan fingerprint density at radius 1 is 0.895 bits per heavy atom. The fourth-order valence-corrected chi connectivity index (χ4v) is 1.51. The van der Waals surface area contributed by atoms with Crippen molar-refractivity contribution in [2.75, 3.05) is 18.9 Å². The van der Waals surface area contributed by atoms with E-state index in [1.807, 2.05) is 0 Å². The Hall–Kier alpha value is -2.30. The first kappa shape index (κ1) is 13.1. The number of rotatable bonds is 5. The highest BCUT2D eigenvalue weighted by atomic mass is 19.1. The van der Waals surface area contributed by atoms with E-state index in [0.29, 0.717) is 11.4 Å². The Kier molecular flexibility index (Phi) is 4.18. The van der Waals surface area contributed by atoms with Gasteiger partial charge in [0.25, 0.3) is 0 Å². The van der Waals surface area contributed by atoms with Gasteiger partial charge in [-0.25, -0.2) is 8.78 Å². The summed E-state index contributed by atoms with van der Waals surface area (Å²) >= 11 is 0. The zero-order chi connectivity index (χ0) is 13.7. The zero-order valence-corrected chi connectivity index (χ0v) is 10.1. The number of benzene rings is 2. The average molecular weight is 265 g/mol. The number of ether oxygens (including phenoxy) is 2. The quantitative estimate of drug-likeness (QED) is 0.667. The number of hydrogen-bond acceptors (Lipinski definition) is 3. The van der Waals surface area contributed by atoms with E-state index in [1.165, 1.54) is 6.07 Å². The first-order valence-corrected chi connectivity index (χ1v) is 5.72. The lowest BCUT2D eigenvalue weighted by molar-refractivity contribution is 0.212. The molecule has 3 nitrogen and oxygen atoms in total. The van der Waals surface area contributed by atoms with Gasteiger partial charge in [0, 0.05) is 6.07 Å². The molecule has 0 spiro atoms. The normalized spacial score (nSPS) is 10.2. The Morgan fingerprint density at radius 3 is 2.26 bits per heavy atom. The number of anilines is 1. The van der Waals surface area contributed by atoms with Gasteiger partial charge in [-0.3, -0.25) is 0 Å². The van der Waals surface area contributed by atoms with Crippen LogP contribution in [-0.2, 0) is 0 Å². The monoisotopic (exact) mass is 265 g/mol. The summed E-state index contributed by atoms with van der Waals surface area (Å²) in [5, 5.41) is 0. The molecule has 0 atom stereocenters. The van der Waals surface area contributed by atoms with Gasteiger partial charge in [0.05, 0.1) is 5.69 Å². The standard InChI is InChI=1S/C14H13F2NO2/c15-10-5-6-13(11(16)9-10)18-7-8-19-14-4-2-1-3-12(14)17/h1-6,9H,7-8,17H2. The maximum atomic E-state index is 13.2. The topological polar surface area (TPSA) is 44.5 Å². The molecule has 0 unspecified atom stereocenters. The molecule has 0 heterocycles. The van der Waals surface area contributed by atoms with Gasteiger partial charge in [-0.1, -0.05) is 12.1 Å². The van der Waals surface area contributed by atoms with Crippen LogP contribution in [0, 0.1) is 11.6 Å². The molecule has 2 aromatic carbocycles. The zero-order valence-electron chi connectivity index (χ0n) is 10.1. The summed E-state index contributed by atoms with van der Waals surface area (Å²) < 4.78 is 36.4. The van der Waals surface area contributed by atoms with Crippen molar-refractivity contribution in [3.63, 3.8) is 0 Å². The van der Waals surface area contributed by atoms with Crippen molar-refractivity contribution in [2.45, 2.75) is 0 Å². The maximum absolute atomic E-state index is 13.2. The van der Waals surface area contributed by atoms with Crippen LogP contribution in [0.25, 0.3) is 0 Å². The summed E-state index contributed by atoms with van der Waals surface area (Å²) in [5.74, 6) is -0.839. The van der Waals surface area contributed by atoms with Crippen LogP contribution in [0.15, 0.2) is 42.5 Å². The molecule has 5 heteroatoms. The van der Waals surface area contributed by atoms with Crippen LogP contribution >= 0.6 is 0 Å². The highest BCUT2D eigenvalue weighted by molar-refractivity contribution is 5.51. The first-order chi connectivity index (χ1) is 9.16. The van der Waals surface area contributed by atoms with Crippen molar-refractivity contribution in [2.24, 2.45) is 0 Å². The average Bonchev–Trinajstić information content (AvgIpc) is 2.38. The summed E-state index contributed by atoms with van der Waals surface area (Å²) in [4.78, 5) is 0. The first-order valence-electron chi connectivity index (χ1n) is 5.72. The van der Waals surface area contributed by atoms with Gasteiger partial charge in [-0.2, -0.15) is 0 Å². The summed E-state index contributed by atoms with van der Waals surface area (Å²) in [5.41, 5.74) is 6.21. The van der Waals surface area contributed by atoms with E-state index in [0.717, 1.165) is 12.1 Å². The van der Waals surface area contributed by atoms with Crippen molar-refractivity contribution in [1.82, 2.24) is 0 Å². The van der Waals surface area contributed by atoms with Gasteiger partial charge < -0.3 is 15.2 Å². The van der Waals surface area contributed by atoms with Crippen LogP contribution in [0.3, 0.4) is 0 Å². The van der Waals surface area contributed by atoms with Crippen LogP contribution < -0.4 is 15.2 Å². The molecular formula is C14H13F2NO2. The van der Waals surface area contributed by atoms with Crippen molar-refractivity contribution < 1.29 is 18.3 Å². The molecule has 0 amide bonds. The lowest BCUT2D eigenvalue weighted by atomic mass is 10.3. The van der Waals surface area contributed by atoms with Gasteiger partial charge >= 0.3 is 0 Å². The van der Waals surface area contributed by atoms with Gasteiger partial charge in [0.15, 0.2) is 11.6 Å². The molecule has 0 radical (unpaired) electrons. The van der Waals surface area contributed by atoms with Crippen LogP contribution in [0.2, 0.25) is 0 Å². The van der Waals surface area contributed by atoms with E-state index in [9.17, 15) is 8.78 Å². The number of para-hydroxylation sites is 2. The summed E-state index contributed by atoms with van der Waals surface area (Å²) in [7, 11) is 0. The van der Waals surface area contributed by atoms with Gasteiger partial charge in [-0.15, -0.1) is 0 Å². The summed E-state index contributed by atoms with van der Waals surface area (Å²) in [6, 6.07) is 10.2. The van der Waals surface area contributed by atoms with Crippen LogP contribution in [0.5, 0.6) is 11.5 Å². The highest BCUT2D eigenvalue weighted by Gasteiger charge is 2.05. The van der Waals surface area contributed by atoms with E-state index in [2.05, 4.69) is 0 Å². The molecule has 0 saturated carbocycles. The minimum absolute atomic E-state index is 0.00830. The van der Waals surface area contributed by atoms with Crippen molar-refractivity contribution in [3.05, 3.63) is 54.1 Å². The number of nitrogens with two attached hydrogens (primary N) is 1. The van der Waals surface area contributed by atoms with E-state index >= 15 is 0 Å². The molecule has 0 fully saturated rings. The SMILES string of the molecule is Nc1ccccc1OCCOc1ccc(F)cc1F. The van der Waals surface area contributed by atoms with Crippen molar-refractivity contribution in [3.8, 4) is 11.5 Å². The minimum atomic E-state index is -0.737. The molecule has 0 aliphatic heterocycles. The second-order valence-corrected chi connectivity index (χ2v) is 3.81. The number of hydrogen-bond donors (Lipinski definition) is 1. The van der Waals surface area contributed by atoms with Gasteiger partial charge in [-0.05, 0) is 24.3 Å². The molecule has 0 aromatic heterocycles. The lowest BCUT2D eigenvalue weighted by Gasteiger charge is -2.10. The van der Waals surface area contributed by atoms with Crippen molar-refractivity contribution in [1.29, 1.82) is 0 Å². The fourth-order valence-electron chi connectivity index (χ4n) is 1.51. The molecule has 2 aromatic rings. The molecule has 100 valence electrons. The largest absolute Gasteiger partial charge is 0.488 e. The van der Waals surface area contributed by atoms with E-state index < -0.39 is 11.6 Å². The summed E-state index contributed by atoms with van der Waals surface area (Å²) in [6.45, 7) is 0.349. The van der Waals surface area contributed by atoms with Crippen LogP contribution in [0.4, 0.5) is 14.5 Å². The maximum Gasteiger partial charge on any atom is 0.167 e. The predicted molar refractivity (Wildman–Crippen MR) is 68.2 cm³/mol. The Morgan fingerprint density at radius 2 is 1.58 bits per heavy atom. The Labute approximate surface area is 109 Å². The Balaban J connectivity index is 1.83. The molecular weight excluding hydrogens is 252 g/mol. The predicted octanol–water partition coefficient (Wildman–Crippen LogP) is 3.00. The third-order valence-electron chi connectivity index (χ3n) is 2.41. The molecule has 19 heavy (non-hydrogen) atoms. The van der Waals surface area contributed by atoms with Gasteiger partial charge in [0.1, 0.15) is 24.8 Å². The fraction of sp³-hybridized carbons (Fsp3) is 0.143. The third kappa shape index (κ3) is 3.58. The van der Waals surface area contributed by atoms with Crippen LogP contribution in [-0.4, -0.2) is 13.2 Å². The third-order valence-corrected chi connectivity index (χ3v) is 2.41. The molecule has 2 rings (SSSR count). The van der Waals surface area contributed by atoms with Crippen molar-refractivity contribution >= 4 is 5.69 Å². The molecule has 0 saturated heterocycles. The summed E-state index contributed by atoms with van der Waals surface area (Å²) in [6.07, 6.45) is 0. The number of nitrogen functional groups attached to an aromatic ring is 1.